The van der Waals surface area contributed by atoms with E-state index in [1.54, 1.807) is 0 Å². The molecule has 0 aliphatic rings. The molecule has 0 atom stereocenters. The predicted octanol–water partition coefficient (Wildman–Crippen LogP) is 2.50. The van der Waals surface area contributed by atoms with Crippen LogP contribution in [0.25, 0.3) is 0 Å². The van der Waals surface area contributed by atoms with Crippen molar-refractivity contribution in [3.63, 3.8) is 0 Å². The molecule has 0 fully saturated rings. The second kappa shape index (κ2) is 13.7. The molecule has 0 heterocycles. The number of rotatable bonds is 10. The van der Waals surface area contributed by atoms with Gasteiger partial charge in [-0.05, 0) is 17.8 Å². The molecule has 0 aliphatic heterocycles. The summed E-state index contributed by atoms with van der Waals surface area (Å²) in [6.45, 7) is 10.8. The summed E-state index contributed by atoms with van der Waals surface area (Å²) in [4.78, 5) is 46.3. The molecule has 8 nitrogen and oxygen atoms in total. The topological polar surface area (TPSA) is 116 Å². The molecule has 0 unspecified atom stereocenters. The maximum Gasteiger partial charge on any atom is 0.321 e. The zero-order valence-electron chi connectivity index (χ0n) is 16.8. The van der Waals surface area contributed by atoms with Crippen LogP contribution in [0.4, 0.5) is 9.59 Å². The van der Waals surface area contributed by atoms with E-state index in [-0.39, 0.29) is 29.4 Å². The number of carbonyl (C=O) groups is 4. The molecule has 4 N–H and O–H groups in total. The lowest BCUT2D eigenvalue weighted by molar-refractivity contribution is -0.121. The van der Waals surface area contributed by atoms with Crippen LogP contribution < -0.4 is 21.3 Å². The number of nitrogens with one attached hydrogen (secondary N) is 4. The van der Waals surface area contributed by atoms with E-state index in [9.17, 15) is 19.2 Å². The van der Waals surface area contributed by atoms with Crippen molar-refractivity contribution in [1.82, 2.24) is 21.3 Å². The van der Waals surface area contributed by atoms with Crippen molar-refractivity contribution >= 4 is 45.5 Å². The molecule has 0 saturated carbocycles. The van der Waals surface area contributed by atoms with Crippen molar-refractivity contribution in [2.24, 2.45) is 11.3 Å². The van der Waals surface area contributed by atoms with Gasteiger partial charge in [-0.15, -0.1) is 0 Å². The molecule has 6 amide bonds. The third kappa shape index (κ3) is 17.7. The van der Waals surface area contributed by atoms with Gasteiger partial charge in [-0.1, -0.05) is 56.2 Å². The quantitative estimate of drug-likeness (QED) is 0.319. The Bertz CT molecular complexity index is 508. The van der Waals surface area contributed by atoms with Gasteiger partial charge < -0.3 is 10.6 Å². The van der Waals surface area contributed by atoms with Crippen LogP contribution in [0.5, 0.6) is 0 Å². The average molecular weight is 421 g/mol. The van der Waals surface area contributed by atoms with E-state index >= 15 is 0 Å². The Morgan fingerprint density at radius 2 is 1.41 bits per heavy atom. The zero-order chi connectivity index (χ0) is 20.9. The molecular formula is C17H32N4O4S2. The maximum atomic E-state index is 11.6. The highest BCUT2D eigenvalue weighted by Crippen LogP contribution is 2.19. The highest BCUT2D eigenvalue weighted by atomic mass is 33.1. The van der Waals surface area contributed by atoms with Gasteiger partial charge in [-0.3, -0.25) is 20.2 Å². The summed E-state index contributed by atoms with van der Waals surface area (Å²) in [6.07, 6.45) is 1.12. The minimum atomic E-state index is -0.523. The van der Waals surface area contributed by atoms with Crippen molar-refractivity contribution in [3.05, 3.63) is 0 Å². The summed E-state index contributed by atoms with van der Waals surface area (Å²) < 4.78 is 0. The molecule has 0 aromatic heterocycles. The fourth-order valence-corrected chi connectivity index (χ4v) is 3.48. The van der Waals surface area contributed by atoms with Crippen molar-refractivity contribution in [1.29, 1.82) is 0 Å². The fraction of sp³-hybridized carbons (Fsp3) is 0.765. The molecule has 27 heavy (non-hydrogen) atoms. The number of amides is 6. The molecular weight excluding hydrogens is 388 g/mol. The SMILES string of the molecule is CC(C)CCNC(=O)NC(=O)CSSCCNC(=O)NC(=O)CC(C)(C)C. The lowest BCUT2D eigenvalue weighted by atomic mass is 9.92. The van der Waals surface area contributed by atoms with E-state index in [0.717, 1.165) is 6.42 Å². The van der Waals surface area contributed by atoms with Gasteiger partial charge in [-0.25, -0.2) is 9.59 Å². The first-order valence-corrected chi connectivity index (χ1v) is 11.4. The number of hydrogen-bond acceptors (Lipinski definition) is 6. The molecule has 10 heteroatoms. The molecule has 0 saturated heterocycles. The van der Waals surface area contributed by atoms with Crippen LogP contribution in [0.15, 0.2) is 0 Å². The first-order valence-electron chi connectivity index (χ1n) is 8.89. The largest absolute Gasteiger partial charge is 0.338 e. The van der Waals surface area contributed by atoms with Gasteiger partial charge in [0.15, 0.2) is 0 Å². The van der Waals surface area contributed by atoms with E-state index < -0.39 is 12.1 Å². The summed E-state index contributed by atoms with van der Waals surface area (Å²) in [5.41, 5.74) is -0.178. The van der Waals surface area contributed by atoms with E-state index in [1.165, 1.54) is 21.6 Å². The molecule has 0 spiro atoms. The standard InChI is InChI=1S/C17H32N4O4S2/c1-12(2)6-7-18-15(24)21-14(23)11-27-26-9-8-19-16(25)20-13(22)10-17(3,4)5/h12H,6-11H2,1-5H3,(H2,18,21,23,24)(H2,19,20,22,25). The normalized spacial score (nSPS) is 11.0. The lowest BCUT2D eigenvalue weighted by Crippen LogP contribution is -2.41. The number of hydrogen-bond donors (Lipinski definition) is 4. The minimum absolute atomic E-state index is 0.137. The smallest absolute Gasteiger partial charge is 0.321 e. The van der Waals surface area contributed by atoms with Gasteiger partial charge in [0.05, 0.1) is 5.75 Å². The summed E-state index contributed by atoms with van der Waals surface area (Å²) in [5.74, 6) is 0.511. The van der Waals surface area contributed by atoms with E-state index in [0.29, 0.717) is 24.8 Å². The van der Waals surface area contributed by atoms with Crippen LogP contribution in [0, 0.1) is 11.3 Å². The Hall–Kier alpha value is -1.42. The van der Waals surface area contributed by atoms with Crippen LogP contribution in [0.2, 0.25) is 0 Å². The van der Waals surface area contributed by atoms with Gasteiger partial charge in [0.25, 0.3) is 0 Å². The van der Waals surface area contributed by atoms with E-state index in [4.69, 9.17) is 0 Å². The number of imide groups is 2. The molecule has 0 rings (SSSR count). The fourth-order valence-electron chi connectivity index (χ4n) is 1.74. The van der Waals surface area contributed by atoms with Crippen molar-refractivity contribution in [3.8, 4) is 0 Å². The molecule has 0 aliphatic carbocycles. The van der Waals surface area contributed by atoms with Gasteiger partial charge in [-0.2, -0.15) is 0 Å². The summed E-state index contributed by atoms with van der Waals surface area (Å²) in [6, 6.07) is -1.00. The Labute approximate surface area is 169 Å². The van der Waals surface area contributed by atoms with Gasteiger partial charge in [0.2, 0.25) is 11.8 Å². The second-order valence-electron chi connectivity index (χ2n) is 7.61. The Morgan fingerprint density at radius 1 is 0.852 bits per heavy atom. The van der Waals surface area contributed by atoms with Crippen LogP contribution in [0.1, 0.15) is 47.5 Å². The Kier molecular flexibility index (Phi) is 13.0. The first-order chi connectivity index (χ1) is 12.5. The van der Waals surface area contributed by atoms with Crippen LogP contribution in [0.3, 0.4) is 0 Å². The van der Waals surface area contributed by atoms with E-state index in [1.807, 2.05) is 20.8 Å². The zero-order valence-corrected chi connectivity index (χ0v) is 18.4. The monoisotopic (exact) mass is 420 g/mol. The number of urea groups is 2. The summed E-state index contributed by atoms with van der Waals surface area (Å²) >= 11 is 0. The van der Waals surface area contributed by atoms with Crippen molar-refractivity contribution < 1.29 is 19.2 Å². The highest BCUT2D eigenvalue weighted by molar-refractivity contribution is 8.76. The Balaban J connectivity index is 3.67. The molecule has 0 bridgehead atoms. The van der Waals surface area contributed by atoms with Gasteiger partial charge >= 0.3 is 12.1 Å². The number of carbonyl (C=O) groups excluding carboxylic acids is 4. The minimum Gasteiger partial charge on any atom is -0.338 e. The second-order valence-corrected chi connectivity index (χ2v) is 10.2. The highest BCUT2D eigenvalue weighted by Gasteiger charge is 2.17. The molecule has 0 aromatic rings. The van der Waals surface area contributed by atoms with Crippen LogP contribution >= 0.6 is 21.6 Å². The van der Waals surface area contributed by atoms with Crippen molar-refractivity contribution in [2.75, 3.05) is 24.6 Å². The molecule has 0 radical (unpaired) electrons. The maximum absolute atomic E-state index is 11.6. The molecule has 0 aromatic carbocycles. The summed E-state index contributed by atoms with van der Waals surface area (Å²) in [7, 11) is 2.69. The third-order valence-corrected chi connectivity index (χ3v) is 5.22. The van der Waals surface area contributed by atoms with Gasteiger partial charge in [0.1, 0.15) is 0 Å². The first kappa shape index (κ1) is 25.6. The third-order valence-electron chi connectivity index (χ3n) is 2.95. The van der Waals surface area contributed by atoms with Crippen LogP contribution in [-0.4, -0.2) is 48.5 Å². The summed E-state index contributed by atoms with van der Waals surface area (Å²) in [5, 5.41) is 9.75. The lowest BCUT2D eigenvalue weighted by Gasteiger charge is -2.16. The van der Waals surface area contributed by atoms with E-state index in [2.05, 4.69) is 35.1 Å². The van der Waals surface area contributed by atoms with Gasteiger partial charge in [0, 0.05) is 25.3 Å². The van der Waals surface area contributed by atoms with Crippen LogP contribution in [-0.2, 0) is 9.59 Å². The van der Waals surface area contributed by atoms with Crippen molar-refractivity contribution in [2.45, 2.75) is 47.5 Å². The average Bonchev–Trinajstić information content (AvgIpc) is 2.48. The molecule has 156 valence electrons. The Morgan fingerprint density at radius 3 is 1.96 bits per heavy atom. The predicted molar refractivity (Wildman–Crippen MR) is 112 cm³/mol.